The Balaban J connectivity index is 0.987. The predicted molar refractivity (Wildman–Crippen MR) is 354 cm³/mol. The Morgan fingerprint density at radius 2 is 0.512 bits per heavy atom. The van der Waals surface area contributed by atoms with E-state index < -0.39 is 0 Å². The molecule has 11 aromatic carbocycles. The number of hydrogen-bond donors (Lipinski definition) is 0. The lowest BCUT2D eigenvalue weighted by Gasteiger charge is -2.31. The minimum absolute atomic E-state index is 0.0101. The molecule has 0 unspecified atom stereocenters. The van der Waals surface area contributed by atoms with Crippen LogP contribution >= 0.6 is 0 Å². The first-order valence-electron chi connectivity index (χ1n) is 29.3. The molecule has 0 bridgehead atoms. The van der Waals surface area contributed by atoms with E-state index in [0.29, 0.717) is 0 Å². The topological polar surface area (TPSA) is 16.3 Å². The summed E-state index contributed by atoms with van der Waals surface area (Å²) in [6.45, 7) is 27.7. The van der Waals surface area contributed by atoms with Crippen molar-refractivity contribution in [1.29, 1.82) is 0 Å². The van der Waals surface area contributed by atoms with Crippen LogP contribution in [-0.2, 0) is 21.7 Å². The molecule has 4 nitrogen and oxygen atoms in total. The van der Waals surface area contributed by atoms with Crippen molar-refractivity contribution in [2.24, 2.45) is 0 Å². The first kappa shape index (κ1) is 52.5. The summed E-state index contributed by atoms with van der Waals surface area (Å²) in [6, 6.07) is 86.6. The summed E-state index contributed by atoms with van der Waals surface area (Å²) < 4.78 is 5.01. The van der Waals surface area contributed by atoms with Gasteiger partial charge in [-0.1, -0.05) is 198 Å². The Kier molecular flexibility index (Phi) is 12.4. The van der Waals surface area contributed by atoms with Crippen molar-refractivity contribution in [2.75, 3.05) is 9.80 Å². The molecule has 406 valence electrons. The third-order valence-electron chi connectivity index (χ3n) is 17.1. The first-order valence-corrected chi connectivity index (χ1v) is 29.3. The number of para-hydroxylation sites is 2. The van der Waals surface area contributed by atoms with E-state index in [1.54, 1.807) is 0 Å². The minimum atomic E-state index is 0.0101. The lowest BCUT2D eigenvalue weighted by Crippen LogP contribution is -2.14. The summed E-state index contributed by atoms with van der Waals surface area (Å²) >= 11 is 0. The largest absolute Gasteiger partial charge is 0.310 e. The first-order chi connectivity index (χ1) is 39.2. The van der Waals surface area contributed by atoms with E-state index in [2.05, 4.69) is 333 Å². The van der Waals surface area contributed by atoms with Gasteiger partial charge < -0.3 is 18.9 Å². The highest BCUT2D eigenvalue weighted by Crippen LogP contribution is 2.48. The fourth-order valence-corrected chi connectivity index (χ4v) is 12.5. The van der Waals surface area contributed by atoms with Crippen LogP contribution in [0.15, 0.2) is 231 Å². The predicted octanol–water partition coefficient (Wildman–Crippen LogP) is 22.3. The molecule has 13 rings (SSSR count). The highest BCUT2D eigenvalue weighted by molar-refractivity contribution is 6.14. The van der Waals surface area contributed by atoms with E-state index in [-0.39, 0.29) is 21.7 Å². The van der Waals surface area contributed by atoms with Crippen LogP contribution in [0.4, 0.5) is 34.1 Å². The van der Waals surface area contributed by atoms with Gasteiger partial charge in [-0.15, -0.1) is 0 Å². The molecule has 4 heteroatoms. The van der Waals surface area contributed by atoms with Crippen molar-refractivity contribution in [3.05, 3.63) is 253 Å². The second-order valence-corrected chi connectivity index (χ2v) is 26.8. The average molecular weight is 1070 g/mol. The van der Waals surface area contributed by atoms with Crippen molar-refractivity contribution in [1.82, 2.24) is 9.13 Å². The van der Waals surface area contributed by atoms with Crippen LogP contribution in [0.1, 0.15) is 105 Å². The summed E-state index contributed by atoms with van der Waals surface area (Å²) in [5, 5.41) is 9.82. The molecule has 0 saturated carbocycles. The summed E-state index contributed by atoms with van der Waals surface area (Å²) in [5.74, 6) is 0. The Bertz CT molecular complexity index is 4170. The number of rotatable bonds is 8. The summed E-state index contributed by atoms with van der Waals surface area (Å²) in [5.41, 5.74) is 19.0. The van der Waals surface area contributed by atoms with Crippen LogP contribution in [0.2, 0.25) is 0 Å². The van der Waals surface area contributed by atoms with Gasteiger partial charge in [0.25, 0.3) is 0 Å². The van der Waals surface area contributed by atoms with Crippen molar-refractivity contribution in [3.63, 3.8) is 0 Å². The van der Waals surface area contributed by atoms with E-state index in [1.807, 2.05) is 0 Å². The number of hydrogen-bond acceptors (Lipinski definition) is 2. The lowest BCUT2D eigenvalue weighted by molar-refractivity contribution is 0.590. The van der Waals surface area contributed by atoms with Gasteiger partial charge >= 0.3 is 0 Å². The minimum Gasteiger partial charge on any atom is -0.310 e. The zero-order valence-corrected chi connectivity index (χ0v) is 49.7. The van der Waals surface area contributed by atoms with Crippen LogP contribution in [-0.4, -0.2) is 9.13 Å². The maximum absolute atomic E-state index is 2.50. The van der Waals surface area contributed by atoms with Crippen LogP contribution in [0, 0.1) is 0 Å². The zero-order chi connectivity index (χ0) is 57.0. The molecule has 0 saturated heterocycles. The van der Waals surface area contributed by atoms with Crippen molar-refractivity contribution in [3.8, 4) is 11.4 Å². The normalized spacial score (nSPS) is 12.6. The Hall–Kier alpha value is -8.86. The highest BCUT2D eigenvalue weighted by atomic mass is 15.2. The molecular formula is C78H74N4. The number of anilines is 6. The van der Waals surface area contributed by atoms with E-state index >= 15 is 0 Å². The molecule has 13 aromatic rings. The van der Waals surface area contributed by atoms with Gasteiger partial charge in [-0.2, -0.15) is 0 Å². The van der Waals surface area contributed by atoms with Gasteiger partial charge in [-0.05, 0) is 159 Å². The Labute approximate surface area is 484 Å². The van der Waals surface area contributed by atoms with Crippen molar-refractivity contribution < 1.29 is 0 Å². The molecule has 82 heavy (non-hydrogen) atoms. The smallest absolute Gasteiger partial charge is 0.0542 e. The molecule has 2 heterocycles. The summed E-state index contributed by atoms with van der Waals surface area (Å²) in [7, 11) is 0. The molecule has 0 fully saturated rings. The van der Waals surface area contributed by atoms with E-state index in [1.165, 1.54) is 76.6 Å². The van der Waals surface area contributed by atoms with E-state index in [9.17, 15) is 0 Å². The molecule has 0 spiro atoms. The van der Waals surface area contributed by atoms with Crippen LogP contribution in [0.3, 0.4) is 0 Å². The fraction of sp³-hybridized carbons (Fsp3) is 0.205. The number of nitrogens with zero attached hydrogens (tertiary/aromatic N) is 4. The third-order valence-corrected chi connectivity index (χ3v) is 17.1. The SMILES string of the molecule is CC(C)(C)c1ccc2c(c1)c1cc(C(C)(C)C)ccc1n2-c1ccc(N(c2ccccc2)c2cccc(N(c3ccccc3)c3ccc(-n4c5ccc(C(C)(C)C)cc5c5cc(C(C)(C)C)ccc54)c4ccccc34)c2)c2ccccc12. The average Bonchev–Trinajstić information content (AvgIpc) is 4.21. The molecular weight excluding hydrogens is 993 g/mol. The van der Waals surface area contributed by atoms with Crippen LogP contribution in [0.25, 0.3) is 76.5 Å². The molecule has 0 radical (unpaired) electrons. The second-order valence-electron chi connectivity index (χ2n) is 26.8. The lowest BCUT2D eigenvalue weighted by atomic mass is 9.85. The standard InChI is InChI=1S/C78H74N4/c1-75(2,3)51-34-38-71-63(46-51)64-47-52(76(4,5)6)35-39-72(64)81(71)69-44-42-67(59-30-19-21-32-61(59)69)79(55-24-15-13-16-25-55)57-28-23-29-58(50-57)80(56-26-17-14-18-27-56)68-43-45-70(62-33-22-20-31-60(62)68)82-73-40-36-53(77(7,8)9)48-65(73)66-49-54(78(10,11)12)37-41-74(66)82/h13-50H,1-12H3. The maximum Gasteiger partial charge on any atom is 0.0542 e. The Morgan fingerprint density at radius 3 is 0.817 bits per heavy atom. The number of fused-ring (bicyclic) bond motifs is 8. The maximum atomic E-state index is 2.50. The van der Waals surface area contributed by atoms with Gasteiger partial charge in [0.1, 0.15) is 0 Å². The number of aromatic nitrogens is 2. The fourth-order valence-electron chi connectivity index (χ4n) is 12.5. The monoisotopic (exact) mass is 1070 g/mol. The van der Waals surface area contributed by atoms with Gasteiger partial charge in [0.15, 0.2) is 0 Å². The van der Waals surface area contributed by atoms with E-state index in [4.69, 9.17) is 0 Å². The van der Waals surface area contributed by atoms with E-state index in [0.717, 1.165) is 56.3 Å². The summed E-state index contributed by atoms with van der Waals surface area (Å²) in [4.78, 5) is 4.88. The quantitative estimate of drug-likeness (QED) is 0.151. The van der Waals surface area contributed by atoms with Gasteiger partial charge in [0, 0.05) is 65.8 Å². The molecule has 0 aliphatic rings. The highest BCUT2D eigenvalue weighted by Gasteiger charge is 2.27. The zero-order valence-electron chi connectivity index (χ0n) is 49.7. The third kappa shape index (κ3) is 9.01. The van der Waals surface area contributed by atoms with Gasteiger partial charge in [0.05, 0.1) is 44.8 Å². The molecule has 0 atom stereocenters. The molecule has 0 N–H and O–H groups in total. The Morgan fingerprint density at radius 1 is 0.232 bits per heavy atom. The van der Waals surface area contributed by atoms with Gasteiger partial charge in [-0.3, -0.25) is 0 Å². The second kappa shape index (κ2) is 19.4. The summed E-state index contributed by atoms with van der Waals surface area (Å²) in [6.07, 6.45) is 0. The van der Waals surface area contributed by atoms with Gasteiger partial charge in [-0.25, -0.2) is 0 Å². The van der Waals surface area contributed by atoms with Gasteiger partial charge in [0.2, 0.25) is 0 Å². The molecule has 0 aliphatic heterocycles. The molecule has 2 aromatic heterocycles. The van der Waals surface area contributed by atoms with Crippen LogP contribution < -0.4 is 9.80 Å². The molecule has 0 amide bonds. The van der Waals surface area contributed by atoms with Crippen molar-refractivity contribution in [2.45, 2.75) is 105 Å². The van der Waals surface area contributed by atoms with Crippen LogP contribution in [0.5, 0.6) is 0 Å². The van der Waals surface area contributed by atoms with Crippen molar-refractivity contribution >= 4 is 99.3 Å². The molecule has 0 aliphatic carbocycles. The number of benzene rings is 11.